The number of hydrogen-bond donors (Lipinski definition) is 0. The minimum absolute atomic E-state index is 0.257. The standard InChI is InChI=1S/C29H21N3O3S/c30-16-9-14-22-19-36-28-24(18-23-15-7-8-17-31-23)27(33)32(28)25(22)29(34)35-26(20-10-3-1-4-11-20)21-12-5-2-6-13-21/h1-15,17-19,25-26,28H/b14-9+,24-18-/t25-,28-/m1/s1. The van der Waals surface area contributed by atoms with E-state index in [9.17, 15) is 9.59 Å². The SMILES string of the molecule is N#C/C=C/C1=CS[C@@H]2/C(=C\c3ccccn3)C(=O)N2[C@H]1C(=O)OC(c1ccccc1)c1ccccc1. The van der Waals surface area contributed by atoms with E-state index in [4.69, 9.17) is 10.00 Å². The second-order valence-electron chi connectivity index (χ2n) is 8.18. The van der Waals surface area contributed by atoms with E-state index in [0.29, 0.717) is 16.8 Å². The summed E-state index contributed by atoms with van der Waals surface area (Å²) in [6.45, 7) is 0. The molecule has 5 rings (SSSR count). The fourth-order valence-electron chi connectivity index (χ4n) is 4.24. The zero-order valence-corrected chi connectivity index (χ0v) is 19.9. The van der Waals surface area contributed by atoms with E-state index < -0.39 is 18.1 Å². The molecule has 3 aromatic rings. The summed E-state index contributed by atoms with van der Waals surface area (Å²) in [6, 6.07) is 25.4. The zero-order chi connectivity index (χ0) is 24.9. The van der Waals surface area contributed by atoms with Crippen LogP contribution in [0.25, 0.3) is 6.08 Å². The number of nitriles is 1. The number of esters is 1. The largest absolute Gasteiger partial charge is 0.451 e. The number of allylic oxidation sites excluding steroid dienone is 1. The van der Waals surface area contributed by atoms with E-state index in [0.717, 1.165) is 11.1 Å². The molecule has 0 N–H and O–H groups in total. The molecule has 36 heavy (non-hydrogen) atoms. The summed E-state index contributed by atoms with van der Waals surface area (Å²) >= 11 is 1.41. The first-order valence-electron chi connectivity index (χ1n) is 11.3. The Morgan fingerprint density at radius 3 is 2.31 bits per heavy atom. The molecule has 176 valence electrons. The topological polar surface area (TPSA) is 83.3 Å². The summed E-state index contributed by atoms with van der Waals surface area (Å²) < 4.78 is 6.10. The van der Waals surface area contributed by atoms with Gasteiger partial charge in [-0.1, -0.05) is 66.7 Å². The number of pyridine rings is 1. The van der Waals surface area contributed by atoms with Gasteiger partial charge in [-0.3, -0.25) is 9.78 Å². The van der Waals surface area contributed by atoms with E-state index >= 15 is 0 Å². The van der Waals surface area contributed by atoms with Crippen LogP contribution in [0, 0.1) is 11.3 Å². The number of amides is 1. The lowest BCUT2D eigenvalue weighted by Gasteiger charge is -2.48. The molecule has 2 aliphatic rings. The van der Waals surface area contributed by atoms with Crippen LogP contribution < -0.4 is 0 Å². The number of aromatic nitrogens is 1. The van der Waals surface area contributed by atoms with Gasteiger partial charge in [0, 0.05) is 12.3 Å². The summed E-state index contributed by atoms with van der Waals surface area (Å²) in [5.74, 6) is -0.816. The maximum atomic E-state index is 13.7. The molecule has 1 amide bonds. The van der Waals surface area contributed by atoms with Gasteiger partial charge >= 0.3 is 5.97 Å². The van der Waals surface area contributed by atoms with Crippen LogP contribution in [0.3, 0.4) is 0 Å². The monoisotopic (exact) mass is 491 g/mol. The van der Waals surface area contributed by atoms with Gasteiger partial charge in [0.25, 0.3) is 5.91 Å². The second-order valence-corrected chi connectivity index (χ2v) is 9.13. The van der Waals surface area contributed by atoms with Crippen molar-refractivity contribution in [2.45, 2.75) is 17.5 Å². The molecule has 1 fully saturated rings. The molecular formula is C29H21N3O3S. The van der Waals surface area contributed by atoms with Gasteiger partial charge < -0.3 is 9.64 Å². The Labute approximate surface area is 213 Å². The summed E-state index contributed by atoms with van der Waals surface area (Å²) in [5.41, 5.74) is 3.42. The molecule has 2 atom stereocenters. The van der Waals surface area contributed by atoms with Gasteiger partial charge in [-0.25, -0.2) is 4.79 Å². The first kappa shape index (κ1) is 23.3. The van der Waals surface area contributed by atoms with E-state index in [2.05, 4.69) is 4.98 Å². The number of fused-ring (bicyclic) bond motifs is 1. The number of hydrogen-bond acceptors (Lipinski definition) is 6. The van der Waals surface area contributed by atoms with Crippen LogP contribution in [0.1, 0.15) is 22.9 Å². The van der Waals surface area contributed by atoms with Crippen LogP contribution in [-0.2, 0) is 14.3 Å². The summed E-state index contributed by atoms with van der Waals surface area (Å²) in [7, 11) is 0. The number of thioether (sulfide) groups is 1. The Morgan fingerprint density at radius 1 is 1.03 bits per heavy atom. The van der Waals surface area contributed by atoms with Gasteiger partial charge in [-0.15, -0.1) is 11.8 Å². The average Bonchev–Trinajstić information content (AvgIpc) is 2.94. The Kier molecular flexibility index (Phi) is 6.78. The zero-order valence-electron chi connectivity index (χ0n) is 19.1. The third-order valence-electron chi connectivity index (χ3n) is 5.93. The molecule has 1 aromatic heterocycles. The Hall–Kier alpha value is -4.41. The molecule has 0 saturated carbocycles. The van der Waals surface area contributed by atoms with Crippen molar-refractivity contribution in [2.24, 2.45) is 0 Å². The summed E-state index contributed by atoms with van der Waals surface area (Å²) in [4.78, 5) is 32.8. The molecule has 0 unspecified atom stereocenters. The molecule has 1 saturated heterocycles. The van der Waals surface area contributed by atoms with Crippen molar-refractivity contribution >= 4 is 29.7 Å². The van der Waals surface area contributed by atoms with Crippen molar-refractivity contribution in [3.05, 3.63) is 131 Å². The van der Waals surface area contributed by atoms with Crippen LogP contribution in [0.15, 0.2) is 114 Å². The minimum Gasteiger partial charge on any atom is -0.451 e. The molecule has 2 aromatic carbocycles. The molecule has 0 aliphatic carbocycles. The fraction of sp³-hybridized carbons (Fsp3) is 0.103. The van der Waals surface area contributed by atoms with Crippen molar-refractivity contribution < 1.29 is 14.3 Å². The smallest absolute Gasteiger partial charge is 0.334 e. The predicted octanol–water partition coefficient (Wildman–Crippen LogP) is 5.05. The second kappa shape index (κ2) is 10.5. The molecule has 0 spiro atoms. The van der Waals surface area contributed by atoms with Gasteiger partial charge in [-0.2, -0.15) is 5.26 Å². The third kappa shape index (κ3) is 4.59. The molecule has 7 heteroatoms. The van der Waals surface area contributed by atoms with Crippen LogP contribution in [0.5, 0.6) is 0 Å². The fourth-order valence-corrected chi connectivity index (χ4v) is 5.39. The van der Waals surface area contributed by atoms with Gasteiger partial charge in [0.05, 0.1) is 17.3 Å². The number of β-lactam (4-membered cyclic amide) rings is 1. The maximum Gasteiger partial charge on any atom is 0.334 e. The number of carbonyl (C=O) groups excluding carboxylic acids is 2. The van der Waals surface area contributed by atoms with Crippen LogP contribution in [0.4, 0.5) is 0 Å². The Morgan fingerprint density at radius 2 is 1.69 bits per heavy atom. The first-order valence-corrected chi connectivity index (χ1v) is 12.3. The van der Waals surface area contributed by atoms with Crippen LogP contribution in [0.2, 0.25) is 0 Å². The molecule has 0 radical (unpaired) electrons. The van der Waals surface area contributed by atoms with E-state index in [1.54, 1.807) is 18.3 Å². The number of rotatable bonds is 6. The van der Waals surface area contributed by atoms with Gasteiger partial charge in [0.2, 0.25) is 0 Å². The van der Waals surface area contributed by atoms with Crippen molar-refractivity contribution in [1.82, 2.24) is 9.88 Å². The average molecular weight is 492 g/mol. The molecule has 3 heterocycles. The lowest BCUT2D eigenvalue weighted by Crippen LogP contribution is -2.62. The Bertz CT molecular complexity index is 1360. The lowest BCUT2D eigenvalue weighted by atomic mass is 9.96. The van der Waals surface area contributed by atoms with Gasteiger partial charge in [0.15, 0.2) is 12.1 Å². The highest BCUT2D eigenvalue weighted by atomic mass is 32.2. The van der Waals surface area contributed by atoms with Crippen molar-refractivity contribution in [3.8, 4) is 6.07 Å². The Balaban J connectivity index is 1.48. The molecular weight excluding hydrogens is 470 g/mol. The number of benzene rings is 2. The third-order valence-corrected chi connectivity index (χ3v) is 7.08. The molecule has 2 aliphatic heterocycles. The van der Waals surface area contributed by atoms with Crippen molar-refractivity contribution in [1.29, 1.82) is 5.26 Å². The first-order chi connectivity index (χ1) is 17.7. The van der Waals surface area contributed by atoms with Crippen molar-refractivity contribution in [3.63, 3.8) is 0 Å². The number of nitrogens with zero attached hydrogens (tertiary/aromatic N) is 3. The highest BCUT2D eigenvalue weighted by molar-refractivity contribution is 8.03. The maximum absolute atomic E-state index is 13.7. The van der Waals surface area contributed by atoms with Crippen LogP contribution >= 0.6 is 11.8 Å². The van der Waals surface area contributed by atoms with E-state index in [1.807, 2.05) is 90.3 Å². The van der Waals surface area contributed by atoms with Crippen molar-refractivity contribution in [2.75, 3.05) is 0 Å². The number of carbonyl (C=O) groups is 2. The molecule has 0 bridgehead atoms. The number of ether oxygens (including phenoxy) is 1. The summed E-state index contributed by atoms with van der Waals surface area (Å²) in [6.07, 6.45) is 5.63. The van der Waals surface area contributed by atoms with Crippen LogP contribution in [-0.4, -0.2) is 33.2 Å². The highest BCUT2D eigenvalue weighted by Crippen LogP contribution is 2.44. The normalized spacial score (nSPS) is 20.0. The minimum atomic E-state index is -0.968. The van der Waals surface area contributed by atoms with Gasteiger partial charge in [0.1, 0.15) is 5.37 Å². The summed E-state index contributed by atoms with van der Waals surface area (Å²) in [5, 5.41) is 10.5. The molecule has 6 nitrogen and oxygen atoms in total. The predicted molar refractivity (Wildman–Crippen MR) is 138 cm³/mol. The van der Waals surface area contributed by atoms with Gasteiger partial charge in [-0.05, 0) is 46.4 Å². The quantitative estimate of drug-likeness (QED) is 0.208. The van der Waals surface area contributed by atoms with E-state index in [1.165, 1.54) is 22.7 Å². The lowest BCUT2D eigenvalue weighted by molar-refractivity contribution is -0.158. The highest BCUT2D eigenvalue weighted by Gasteiger charge is 2.52. The van der Waals surface area contributed by atoms with E-state index in [-0.39, 0.29) is 11.3 Å².